The molecule has 1 fully saturated rings. The minimum atomic E-state index is 0.124. The zero-order valence-corrected chi connectivity index (χ0v) is 12.9. The molecule has 21 heavy (non-hydrogen) atoms. The van der Waals surface area contributed by atoms with Crippen LogP contribution in [0.5, 0.6) is 11.5 Å². The highest BCUT2D eigenvalue weighted by Crippen LogP contribution is 2.35. The van der Waals surface area contributed by atoms with Gasteiger partial charge in [0.05, 0.1) is 13.2 Å². The van der Waals surface area contributed by atoms with Crippen molar-refractivity contribution in [1.29, 1.82) is 0 Å². The monoisotopic (exact) mass is 292 g/mol. The largest absolute Gasteiger partial charge is 0.454 e. The van der Waals surface area contributed by atoms with Gasteiger partial charge < -0.3 is 19.5 Å². The summed E-state index contributed by atoms with van der Waals surface area (Å²) < 4.78 is 16.4. The van der Waals surface area contributed by atoms with Crippen LogP contribution in [-0.2, 0) is 11.3 Å². The Morgan fingerprint density at radius 2 is 2.00 bits per heavy atom. The molecule has 0 radical (unpaired) electrons. The molecule has 5 nitrogen and oxygen atoms in total. The van der Waals surface area contributed by atoms with Crippen LogP contribution in [0.2, 0.25) is 0 Å². The first-order chi connectivity index (χ1) is 10.2. The van der Waals surface area contributed by atoms with Gasteiger partial charge in [-0.3, -0.25) is 4.90 Å². The van der Waals surface area contributed by atoms with Gasteiger partial charge in [-0.1, -0.05) is 12.1 Å². The second-order valence-corrected chi connectivity index (χ2v) is 6.17. The third-order valence-corrected chi connectivity index (χ3v) is 4.22. The number of fused-ring (bicyclic) bond motifs is 1. The lowest BCUT2D eigenvalue weighted by molar-refractivity contribution is -0.00968. The lowest BCUT2D eigenvalue weighted by Gasteiger charge is -2.41. The molecule has 0 atom stereocenters. The number of rotatable bonds is 5. The molecule has 2 aliphatic rings. The van der Waals surface area contributed by atoms with Crippen LogP contribution in [-0.4, -0.2) is 50.1 Å². The fraction of sp³-hybridized carbons (Fsp3) is 0.625. The van der Waals surface area contributed by atoms with Crippen LogP contribution in [0.15, 0.2) is 18.2 Å². The number of benzene rings is 1. The van der Waals surface area contributed by atoms with Crippen molar-refractivity contribution in [3.63, 3.8) is 0 Å². The van der Waals surface area contributed by atoms with E-state index in [-0.39, 0.29) is 5.54 Å². The zero-order valence-electron chi connectivity index (χ0n) is 12.9. The van der Waals surface area contributed by atoms with Gasteiger partial charge in [0.2, 0.25) is 6.79 Å². The molecule has 0 amide bonds. The predicted octanol–water partition coefficient (Wildman–Crippen LogP) is 1.62. The van der Waals surface area contributed by atoms with Gasteiger partial charge in [-0.25, -0.2) is 0 Å². The lowest BCUT2D eigenvalue weighted by atomic mass is 10.0. The van der Waals surface area contributed by atoms with E-state index in [1.54, 1.807) is 0 Å². The molecule has 2 aliphatic heterocycles. The van der Waals surface area contributed by atoms with Crippen molar-refractivity contribution in [1.82, 2.24) is 10.2 Å². The number of nitrogens with one attached hydrogen (secondary N) is 1. The van der Waals surface area contributed by atoms with E-state index < -0.39 is 0 Å². The van der Waals surface area contributed by atoms with Gasteiger partial charge in [-0.05, 0) is 19.9 Å². The quantitative estimate of drug-likeness (QED) is 0.893. The molecule has 0 aliphatic carbocycles. The van der Waals surface area contributed by atoms with Crippen LogP contribution in [0.25, 0.3) is 0 Å². The van der Waals surface area contributed by atoms with Crippen molar-refractivity contribution in [2.45, 2.75) is 25.9 Å². The average Bonchev–Trinajstić information content (AvgIpc) is 2.97. The zero-order chi connectivity index (χ0) is 14.7. The molecule has 1 aromatic rings. The summed E-state index contributed by atoms with van der Waals surface area (Å²) in [6.07, 6.45) is 0. The highest BCUT2D eigenvalue weighted by Gasteiger charge is 2.28. The molecule has 0 aromatic heterocycles. The van der Waals surface area contributed by atoms with Gasteiger partial charge in [0.1, 0.15) is 0 Å². The summed E-state index contributed by atoms with van der Waals surface area (Å²) in [6.45, 7) is 10.3. The molecule has 1 N–H and O–H groups in total. The summed E-state index contributed by atoms with van der Waals surface area (Å²) in [6, 6.07) is 6.05. The molecule has 0 saturated carbocycles. The minimum absolute atomic E-state index is 0.124. The van der Waals surface area contributed by atoms with E-state index in [0.29, 0.717) is 6.79 Å². The fourth-order valence-corrected chi connectivity index (χ4v) is 2.91. The molecule has 1 saturated heterocycles. The normalized spacial score (nSPS) is 19.0. The number of morpholine rings is 1. The lowest BCUT2D eigenvalue weighted by Crippen LogP contribution is -2.54. The van der Waals surface area contributed by atoms with E-state index in [2.05, 4.69) is 30.1 Å². The van der Waals surface area contributed by atoms with Crippen LogP contribution < -0.4 is 14.8 Å². The van der Waals surface area contributed by atoms with Crippen molar-refractivity contribution in [3.05, 3.63) is 23.8 Å². The molecule has 3 rings (SSSR count). The van der Waals surface area contributed by atoms with Crippen LogP contribution in [0.1, 0.15) is 19.4 Å². The second kappa shape index (κ2) is 6.22. The van der Waals surface area contributed by atoms with Crippen LogP contribution in [0.4, 0.5) is 0 Å². The van der Waals surface area contributed by atoms with Crippen molar-refractivity contribution in [2.24, 2.45) is 0 Å². The first kappa shape index (κ1) is 14.6. The Labute approximate surface area is 126 Å². The van der Waals surface area contributed by atoms with Crippen molar-refractivity contribution in [2.75, 3.05) is 39.6 Å². The van der Waals surface area contributed by atoms with Gasteiger partial charge in [-0.15, -0.1) is 0 Å². The maximum absolute atomic E-state index is 5.54. The molecular formula is C16H24N2O3. The van der Waals surface area contributed by atoms with Gasteiger partial charge in [0.15, 0.2) is 11.5 Å². The summed E-state index contributed by atoms with van der Waals surface area (Å²) in [4.78, 5) is 2.48. The third-order valence-electron chi connectivity index (χ3n) is 4.22. The maximum Gasteiger partial charge on any atom is 0.231 e. The first-order valence-corrected chi connectivity index (χ1v) is 7.58. The van der Waals surface area contributed by atoms with Crippen molar-refractivity contribution in [3.8, 4) is 11.5 Å². The Kier molecular flexibility index (Phi) is 4.33. The predicted molar refractivity (Wildman–Crippen MR) is 80.7 cm³/mol. The van der Waals surface area contributed by atoms with E-state index in [1.165, 1.54) is 0 Å². The van der Waals surface area contributed by atoms with Gasteiger partial charge in [0, 0.05) is 37.3 Å². The average molecular weight is 292 g/mol. The maximum atomic E-state index is 5.54. The summed E-state index contributed by atoms with van der Waals surface area (Å²) in [5, 5.41) is 3.55. The second-order valence-electron chi connectivity index (χ2n) is 6.17. The van der Waals surface area contributed by atoms with E-state index in [0.717, 1.165) is 56.5 Å². The van der Waals surface area contributed by atoms with E-state index in [1.807, 2.05) is 12.1 Å². The Morgan fingerprint density at radius 1 is 1.19 bits per heavy atom. The Balaban J connectivity index is 1.55. The highest BCUT2D eigenvalue weighted by atomic mass is 16.7. The third kappa shape index (κ3) is 3.31. The SMILES string of the molecule is CC(C)(CNCc1cccc2c1OCO2)N1CCOCC1. The molecule has 1 aromatic carbocycles. The van der Waals surface area contributed by atoms with Crippen molar-refractivity contribution >= 4 is 0 Å². The summed E-state index contributed by atoms with van der Waals surface area (Å²) >= 11 is 0. The Bertz CT molecular complexity index is 484. The summed E-state index contributed by atoms with van der Waals surface area (Å²) in [7, 11) is 0. The summed E-state index contributed by atoms with van der Waals surface area (Å²) in [5.74, 6) is 1.73. The molecular weight excluding hydrogens is 268 g/mol. The van der Waals surface area contributed by atoms with Gasteiger partial charge in [0.25, 0.3) is 0 Å². The van der Waals surface area contributed by atoms with Crippen molar-refractivity contribution < 1.29 is 14.2 Å². The number of para-hydroxylation sites is 1. The molecule has 0 unspecified atom stereocenters. The fourth-order valence-electron chi connectivity index (χ4n) is 2.91. The minimum Gasteiger partial charge on any atom is -0.454 e. The first-order valence-electron chi connectivity index (χ1n) is 7.58. The molecule has 116 valence electrons. The molecule has 5 heteroatoms. The van der Waals surface area contributed by atoms with Crippen LogP contribution in [0, 0.1) is 0 Å². The van der Waals surface area contributed by atoms with E-state index in [9.17, 15) is 0 Å². The topological polar surface area (TPSA) is 43.0 Å². The Morgan fingerprint density at radius 3 is 2.81 bits per heavy atom. The number of nitrogens with zero attached hydrogens (tertiary/aromatic N) is 1. The van der Waals surface area contributed by atoms with Crippen LogP contribution >= 0.6 is 0 Å². The number of ether oxygens (including phenoxy) is 3. The number of hydrogen-bond donors (Lipinski definition) is 1. The highest BCUT2D eigenvalue weighted by molar-refractivity contribution is 5.48. The molecule has 0 bridgehead atoms. The van der Waals surface area contributed by atoms with E-state index in [4.69, 9.17) is 14.2 Å². The molecule has 0 spiro atoms. The van der Waals surface area contributed by atoms with Crippen LogP contribution in [0.3, 0.4) is 0 Å². The molecule has 2 heterocycles. The Hall–Kier alpha value is -1.30. The van der Waals surface area contributed by atoms with Gasteiger partial charge >= 0.3 is 0 Å². The number of hydrogen-bond acceptors (Lipinski definition) is 5. The standard InChI is InChI=1S/C16H24N2O3/c1-16(2,18-6-8-19-9-7-18)11-17-10-13-4-3-5-14-15(13)21-12-20-14/h3-5,17H,6-12H2,1-2H3. The summed E-state index contributed by atoms with van der Waals surface area (Å²) in [5.41, 5.74) is 1.28. The van der Waals surface area contributed by atoms with E-state index >= 15 is 0 Å². The smallest absolute Gasteiger partial charge is 0.231 e. The van der Waals surface area contributed by atoms with Gasteiger partial charge in [-0.2, -0.15) is 0 Å².